The molecule has 0 bridgehead atoms. The van der Waals surface area contributed by atoms with Crippen molar-refractivity contribution in [2.24, 2.45) is 0 Å². The molecule has 0 aromatic heterocycles. The number of carbonyl (C=O) groups is 1. The Bertz CT molecular complexity index is 477. The van der Waals surface area contributed by atoms with Crippen molar-refractivity contribution in [2.75, 3.05) is 25.0 Å². The second kappa shape index (κ2) is 6.57. The quantitative estimate of drug-likeness (QED) is 0.901. The Morgan fingerprint density at radius 2 is 2.15 bits per heavy atom. The SMILES string of the molecule is CC1(O)CCCN(CC(=O)Nc2ccccc2Cl)CC1. The van der Waals surface area contributed by atoms with Crippen LogP contribution in [0.1, 0.15) is 26.2 Å². The van der Waals surface area contributed by atoms with Gasteiger partial charge in [-0.2, -0.15) is 0 Å². The summed E-state index contributed by atoms with van der Waals surface area (Å²) in [6.07, 6.45) is 2.40. The lowest BCUT2D eigenvalue weighted by molar-refractivity contribution is -0.117. The number of anilines is 1. The molecule has 5 heteroatoms. The van der Waals surface area contributed by atoms with Gasteiger partial charge >= 0.3 is 0 Å². The van der Waals surface area contributed by atoms with Crippen molar-refractivity contribution in [3.8, 4) is 0 Å². The molecule has 4 nitrogen and oxygen atoms in total. The third kappa shape index (κ3) is 4.47. The van der Waals surface area contributed by atoms with Gasteiger partial charge in [0.05, 0.1) is 22.9 Å². The van der Waals surface area contributed by atoms with E-state index in [0.717, 1.165) is 25.9 Å². The molecule has 1 unspecified atom stereocenters. The Labute approximate surface area is 124 Å². The molecule has 2 rings (SSSR count). The first-order chi connectivity index (χ1) is 9.46. The van der Waals surface area contributed by atoms with Gasteiger partial charge in [0.25, 0.3) is 0 Å². The lowest BCUT2D eigenvalue weighted by atomic mass is 9.98. The maximum absolute atomic E-state index is 12.0. The zero-order valence-electron chi connectivity index (χ0n) is 11.7. The average molecular weight is 297 g/mol. The van der Waals surface area contributed by atoms with Crippen LogP contribution in [0.4, 0.5) is 5.69 Å². The van der Waals surface area contributed by atoms with E-state index in [1.807, 2.05) is 19.1 Å². The number of halogens is 1. The lowest BCUT2D eigenvalue weighted by Gasteiger charge is -2.22. The van der Waals surface area contributed by atoms with Crippen molar-refractivity contribution < 1.29 is 9.90 Å². The number of aliphatic hydroxyl groups is 1. The summed E-state index contributed by atoms with van der Waals surface area (Å²) < 4.78 is 0. The highest BCUT2D eigenvalue weighted by Crippen LogP contribution is 2.22. The number of likely N-dealkylation sites (tertiary alicyclic amines) is 1. The van der Waals surface area contributed by atoms with E-state index in [0.29, 0.717) is 23.7 Å². The van der Waals surface area contributed by atoms with Gasteiger partial charge in [-0.25, -0.2) is 0 Å². The number of para-hydroxylation sites is 1. The first-order valence-corrected chi connectivity index (χ1v) is 7.33. The molecule has 0 saturated carbocycles. The van der Waals surface area contributed by atoms with Gasteiger partial charge in [0, 0.05) is 6.54 Å². The van der Waals surface area contributed by atoms with Gasteiger partial charge in [-0.15, -0.1) is 0 Å². The second-order valence-corrected chi connectivity index (χ2v) is 6.06. The van der Waals surface area contributed by atoms with Crippen molar-refractivity contribution in [3.05, 3.63) is 29.3 Å². The Morgan fingerprint density at radius 1 is 1.40 bits per heavy atom. The van der Waals surface area contributed by atoms with Crippen LogP contribution in [0.25, 0.3) is 0 Å². The summed E-state index contributed by atoms with van der Waals surface area (Å²) in [6.45, 7) is 3.77. The van der Waals surface area contributed by atoms with E-state index in [4.69, 9.17) is 11.6 Å². The standard InChI is InChI=1S/C15H21ClN2O2/c1-15(20)7-4-9-18(10-8-15)11-14(19)17-13-6-3-2-5-12(13)16/h2-3,5-6,20H,4,7-11H2,1H3,(H,17,19). The van der Waals surface area contributed by atoms with Gasteiger partial charge in [0.15, 0.2) is 0 Å². The van der Waals surface area contributed by atoms with Crippen molar-refractivity contribution in [1.82, 2.24) is 4.90 Å². The minimum Gasteiger partial charge on any atom is -0.390 e. The van der Waals surface area contributed by atoms with E-state index in [2.05, 4.69) is 10.2 Å². The molecule has 0 spiro atoms. The fourth-order valence-corrected chi connectivity index (χ4v) is 2.62. The van der Waals surface area contributed by atoms with Crippen LogP contribution in [0, 0.1) is 0 Å². The third-order valence-corrected chi connectivity index (χ3v) is 4.00. The van der Waals surface area contributed by atoms with Crippen molar-refractivity contribution in [3.63, 3.8) is 0 Å². The first-order valence-electron chi connectivity index (χ1n) is 6.95. The van der Waals surface area contributed by atoms with Gasteiger partial charge < -0.3 is 10.4 Å². The lowest BCUT2D eigenvalue weighted by Crippen LogP contribution is -2.35. The van der Waals surface area contributed by atoms with E-state index in [9.17, 15) is 9.90 Å². The topological polar surface area (TPSA) is 52.6 Å². The molecule has 1 saturated heterocycles. The van der Waals surface area contributed by atoms with Gasteiger partial charge in [0.1, 0.15) is 0 Å². The van der Waals surface area contributed by atoms with Gasteiger partial charge in [-0.05, 0) is 44.9 Å². The van der Waals surface area contributed by atoms with Gasteiger partial charge in [-0.1, -0.05) is 23.7 Å². The number of benzene rings is 1. The first kappa shape index (κ1) is 15.3. The molecule has 1 aliphatic rings. The van der Waals surface area contributed by atoms with Crippen molar-refractivity contribution in [2.45, 2.75) is 31.8 Å². The van der Waals surface area contributed by atoms with Gasteiger partial charge in [-0.3, -0.25) is 9.69 Å². The summed E-state index contributed by atoms with van der Waals surface area (Å²) in [4.78, 5) is 14.1. The average Bonchev–Trinajstić information content (AvgIpc) is 2.54. The van der Waals surface area contributed by atoms with E-state index in [1.54, 1.807) is 12.1 Å². The highest BCUT2D eigenvalue weighted by atomic mass is 35.5. The molecule has 1 amide bonds. The molecule has 110 valence electrons. The van der Waals surface area contributed by atoms with Crippen molar-refractivity contribution >= 4 is 23.2 Å². The number of nitrogens with zero attached hydrogens (tertiary/aromatic N) is 1. The van der Waals surface area contributed by atoms with E-state index in [-0.39, 0.29) is 5.91 Å². The van der Waals surface area contributed by atoms with Crippen molar-refractivity contribution in [1.29, 1.82) is 0 Å². The number of amides is 1. The summed E-state index contributed by atoms with van der Waals surface area (Å²) in [6, 6.07) is 7.20. The minimum atomic E-state index is -0.603. The monoisotopic (exact) mass is 296 g/mol. The summed E-state index contributed by atoms with van der Waals surface area (Å²) in [7, 11) is 0. The maximum atomic E-state index is 12.0. The molecular formula is C15H21ClN2O2. The van der Waals surface area contributed by atoms with Crippen LogP contribution in [0.2, 0.25) is 5.02 Å². The normalized spacial score (nSPS) is 24.1. The smallest absolute Gasteiger partial charge is 0.238 e. The van der Waals surface area contributed by atoms with Crippen LogP contribution in [-0.2, 0) is 4.79 Å². The molecule has 1 aromatic carbocycles. The predicted molar refractivity (Wildman–Crippen MR) is 81.0 cm³/mol. The molecular weight excluding hydrogens is 276 g/mol. The molecule has 1 aromatic rings. The second-order valence-electron chi connectivity index (χ2n) is 5.65. The van der Waals surface area contributed by atoms with Crippen LogP contribution in [0.5, 0.6) is 0 Å². The fourth-order valence-electron chi connectivity index (χ4n) is 2.43. The summed E-state index contributed by atoms with van der Waals surface area (Å²) >= 11 is 6.01. The maximum Gasteiger partial charge on any atom is 0.238 e. The largest absolute Gasteiger partial charge is 0.390 e. The zero-order chi connectivity index (χ0) is 14.6. The molecule has 20 heavy (non-hydrogen) atoms. The Kier molecular flexibility index (Phi) is 5.02. The third-order valence-electron chi connectivity index (χ3n) is 3.67. The highest BCUT2D eigenvalue weighted by molar-refractivity contribution is 6.33. The Morgan fingerprint density at radius 3 is 2.90 bits per heavy atom. The summed E-state index contributed by atoms with van der Waals surface area (Å²) in [5.74, 6) is -0.0698. The van der Waals surface area contributed by atoms with E-state index >= 15 is 0 Å². The number of carbonyl (C=O) groups excluding carboxylic acids is 1. The number of rotatable bonds is 3. The Hall–Kier alpha value is -1.10. The minimum absolute atomic E-state index is 0.0698. The fraction of sp³-hybridized carbons (Fsp3) is 0.533. The molecule has 2 N–H and O–H groups in total. The zero-order valence-corrected chi connectivity index (χ0v) is 12.5. The van der Waals surface area contributed by atoms with Crippen LogP contribution in [0.3, 0.4) is 0 Å². The van der Waals surface area contributed by atoms with E-state index in [1.165, 1.54) is 0 Å². The van der Waals surface area contributed by atoms with Crippen LogP contribution in [0.15, 0.2) is 24.3 Å². The highest BCUT2D eigenvalue weighted by Gasteiger charge is 2.25. The molecule has 1 fully saturated rings. The summed E-state index contributed by atoms with van der Waals surface area (Å²) in [5, 5.41) is 13.4. The Balaban J connectivity index is 1.87. The molecule has 0 aliphatic carbocycles. The molecule has 1 heterocycles. The number of hydrogen-bond acceptors (Lipinski definition) is 3. The number of nitrogens with one attached hydrogen (secondary N) is 1. The van der Waals surface area contributed by atoms with Crippen LogP contribution >= 0.6 is 11.6 Å². The van der Waals surface area contributed by atoms with Crippen LogP contribution < -0.4 is 5.32 Å². The van der Waals surface area contributed by atoms with Gasteiger partial charge in [0.2, 0.25) is 5.91 Å². The van der Waals surface area contributed by atoms with Crippen LogP contribution in [-0.4, -0.2) is 41.1 Å². The van der Waals surface area contributed by atoms with E-state index < -0.39 is 5.60 Å². The molecule has 0 radical (unpaired) electrons. The molecule has 1 aliphatic heterocycles. The summed E-state index contributed by atoms with van der Waals surface area (Å²) in [5.41, 5.74) is 0.0366. The number of hydrogen-bond donors (Lipinski definition) is 2. The predicted octanol–water partition coefficient (Wildman–Crippen LogP) is 2.52. The molecule has 1 atom stereocenters.